The Morgan fingerprint density at radius 1 is 1.25 bits per heavy atom. The highest BCUT2D eigenvalue weighted by Crippen LogP contribution is 2.15. The van der Waals surface area contributed by atoms with Crippen LogP contribution < -0.4 is 0 Å². The van der Waals surface area contributed by atoms with Gasteiger partial charge in [0.05, 0.1) is 18.9 Å². The van der Waals surface area contributed by atoms with E-state index in [1.54, 1.807) is 0 Å². The van der Waals surface area contributed by atoms with Gasteiger partial charge in [0.25, 0.3) is 0 Å². The standard InChI is InChI=1S/C12H22N2O2/c1-10-7-13(8-11(2)16-10)9-14-6-4-3-5-12(14)15/h10-11H,3-9H2,1-2H3. The van der Waals surface area contributed by atoms with Gasteiger partial charge in [-0.25, -0.2) is 0 Å². The van der Waals surface area contributed by atoms with E-state index >= 15 is 0 Å². The van der Waals surface area contributed by atoms with E-state index in [1.165, 1.54) is 0 Å². The quantitative estimate of drug-likeness (QED) is 0.706. The maximum atomic E-state index is 11.7. The van der Waals surface area contributed by atoms with Crippen LogP contribution in [0.5, 0.6) is 0 Å². The Bertz CT molecular complexity index is 247. The Morgan fingerprint density at radius 2 is 1.94 bits per heavy atom. The molecule has 0 aromatic carbocycles. The highest BCUT2D eigenvalue weighted by Gasteiger charge is 2.26. The Hall–Kier alpha value is -0.610. The number of ether oxygens (including phenoxy) is 1. The second-order valence-corrected chi connectivity index (χ2v) is 5.05. The first kappa shape index (κ1) is 11.9. The second kappa shape index (κ2) is 5.15. The third-order valence-corrected chi connectivity index (χ3v) is 3.29. The van der Waals surface area contributed by atoms with E-state index in [-0.39, 0.29) is 12.2 Å². The molecule has 2 aliphatic rings. The molecular formula is C12H22N2O2. The van der Waals surface area contributed by atoms with Crippen molar-refractivity contribution in [1.82, 2.24) is 9.80 Å². The maximum absolute atomic E-state index is 11.7. The fraction of sp³-hybridized carbons (Fsp3) is 0.917. The first-order chi connectivity index (χ1) is 7.65. The largest absolute Gasteiger partial charge is 0.373 e. The van der Waals surface area contributed by atoms with E-state index in [4.69, 9.17) is 4.74 Å². The normalized spacial score (nSPS) is 33.1. The van der Waals surface area contributed by atoms with Gasteiger partial charge in [-0.2, -0.15) is 0 Å². The fourth-order valence-electron chi connectivity index (χ4n) is 2.65. The van der Waals surface area contributed by atoms with Gasteiger partial charge in [0.2, 0.25) is 5.91 Å². The molecule has 2 aliphatic heterocycles. The van der Waals surface area contributed by atoms with Gasteiger partial charge in [-0.3, -0.25) is 9.69 Å². The summed E-state index contributed by atoms with van der Waals surface area (Å²) in [6.45, 7) is 7.79. The number of amides is 1. The van der Waals surface area contributed by atoms with Crippen LogP contribution in [0.4, 0.5) is 0 Å². The predicted octanol–water partition coefficient (Wildman–Crippen LogP) is 1.07. The molecular weight excluding hydrogens is 204 g/mol. The molecule has 2 unspecified atom stereocenters. The fourth-order valence-corrected chi connectivity index (χ4v) is 2.65. The van der Waals surface area contributed by atoms with Crippen LogP contribution in [0.15, 0.2) is 0 Å². The molecule has 1 amide bonds. The number of nitrogens with zero attached hydrogens (tertiary/aromatic N) is 2. The van der Waals surface area contributed by atoms with E-state index in [9.17, 15) is 4.79 Å². The molecule has 0 saturated carbocycles. The van der Waals surface area contributed by atoms with Crippen LogP contribution in [-0.2, 0) is 9.53 Å². The van der Waals surface area contributed by atoms with E-state index in [2.05, 4.69) is 18.7 Å². The minimum atomic E-state index is 0.281. The molecule has 2 heterocycles. The molecule has 0 bridgehead atoms. The maximum Gasteiger partial charge on any atom is 0.223 e. The zero-order chi connectivity index (χ0) is 11.5. The molecule has 0 spiro atoms. The lowest BCUT2D eigenvalue weighted by atomic mass is 10.1. The number of likely N-dealkylation sites (tertiary alicyclic amines) is 1. The average Bonchev–Trinajstić information content (AvgIpc) is 2.20. The molecule has 4 nitrogen and oxygen atoms in total. The lowest BCUT2D eigenvalue weighted by molar-refractivity contribution is -0.139. The van der Waals surface area contributed by atoms with Crippen LogP contribution in [0.3, 0.4) is 0 Å². The van der Waals surface area contributed by atoms with Crippen molar-refractivity contribution in [3.8, 4) is 0 Å². The average molecular weight is 226 g/mol. The minimum absolute atomic E-state index is 0.281. The Morgan fingerprint density at radius 3 is 2.56 bits per heavy atom. The van der Waals surface area contributed by atoms with Crippen LogP contribution in [0, 0.1) is 0 Å². The van der Waals surface area contributed by atoms with E-state index in [0.29, 0.717) is 5.91 Å². The Labute approximate surface area is 97.5 Å². The predicted molar refractivity (Wildman–Crippen MR) is 62.0 cm³/mol. The zero-order valence-corrected chi connectivity index (χ0v) is 10.3. The highest BCUT2D eigenvalue weighted by atomic mass is 16.5. The summed E-state index contributed by atoms with van der Waals surface area (Å²) in [5.41, 5.74) is 0. The summed E-state index contributed by atoms with van der Waals surface area (Å²) in [6, 6.07) is 0. The van der Waals surface area contributed by atoms with E-state index in [1.807, 2.05) is 4.90 Å². The number of carbonyl (C=O) groups is 1. The summed E-state index contributed by atoms with van der Waals surface area (Å²) in [5, 5.41) is 0. The van der Waals surface area contributed by atoms with Gasteiger partial charge in [0.15, 0.2) is 0 Å². The van der Waals surface area contributed by atoms with Crippen molar-refractivity contribution in [1.29, 1.82) is 0 Å². The molecule has 16 heavy (non-hydrogen) atoms. The second-order valence-electron chi connectivity index (χ2n) is 5.05. The number of carbonyl (C=O) groups excluding carboxylic acids is 1. The molecule has 4 heteroatoms. The first-order valence-electron chi connectivity index (χ1n) is 6.31. The molecule has 0 N–H and O–H groups in total. The molecule has 2 saturated heterocycles. The van der Waals surface area contributed by atoms with E-state index in [0.717, 1.165) is 45.6 Å². The number of hydrogen-bond donors (Lipinski definition) is 0. The van der Waals surface area contributed by atoms with Crippen LogP contribution in [0.1, 0.15) is 33.1 Å². The molecule has 0 aliphatic carbocycles. The SMILES string of the molecule is CC1CN(CN2CCCCC2=O)CC(C)O1. The summed E-state index contributed by atoms with van der Waals surface area (Å²) in [6.07, 6.45) is 3.51. The van der Waals surface area contributed by atoms with Crippen LogP contribution in [-0.4, -0.2) is 54.2 Å². The molecule has 2 atom stereocenters. The molecule has 0 aromatic rings. The van der Waals surface area contributed by atoms with E-state index < -0.39 is 0 Å². The zero-order valence-electron chi connectivity index (χ0n) is 10.3. The van der Waals surface area contributed by atoms with Crippen molar-refractivity contribution in [2.75, 3.05) is 26.3 Å². The molecule has 0 aromatic heterocycles. The van der Waals surface area contributed by atoms with Gasteiger partial charge in [-0.1, -0.05) is 0 Å². The molecule has 2 rings (SSSR count). The molecule has 2 fully saturated rings. The summed E-state index contributed by atoms with van der Waals surface area (Å²) in [4.78, 5) is 16.0. The monoisotopic (exact) mass is 226 g/mol. The van der Waals surface area contributed by atoms with Crippen molar-refractivity contribution >= 4 is 5.91 Å². The van der Waals surface area contributed by atoms with Crippen molar-refractivity contribution in [3.63, 3.8) is 0 Å². The van der Waals surface area contributed by atoms with Crippen molar-refractivity contribution in [2.24, 2.45) is 0 Å². The first-order valence-corrected chi connectivity index (χ1v) is 6.31. The van der Waals surface area contributed by atoms with Crippen molar-refractivity contribution in [2.45, 2.75) is 45.3 Å². The van der Waals surface area contributed by atoms with Gasteiger partial charge in [0.1, 0.15) is 0 Å². The molecule has 92 valence electrons. The summed E-state index contributed by atoms with van der Waals surface area (Å²) in [7, 11) is 0. The molecule has 0 radical (unpaired) electrons. The van der Waals surface area contributed by atoms with Gasteiger partial charge >= 0.3 is 0 Å². The van der Waals surface area contributed by atoms with Crippen molar-refractivity contribution in [3.05, 3.63) is 0 Å². The number of morpholine rings is 1. The summed E-state index contributed by atoms with van der Waals surface area (Å²) in [5.74, 6) is 0.318. The van der Waals surface area contributed by atoms with Crippen molar-refractivity contribution < 1.29 is 9.53 Å². The van der Waals surface area contributed by atoms with Gasteiger partial charge in [-0.15, -0.1) is 0 Å². The third kappa shape index (κ3) is 2.95. The van der Waals surface area contributed by atoms with Gasteiger partial charge < -0.3 is 9.64 Å². The number of piperidine rings is 1. The van der Waals surface area contributed by atoms with Crippen LogP contribution in [0.2, 0.25) is 0 Å². The lowest BCUT2D eigenvalue weighted by Gasteiger charge is -2.39. The van der Waals surface area contributed by atoms with Crippen LogP contribution >= 0.6 is 0 Å². The Kier molecular flexibility index (Phi) is 3.82. The summed E-state index contributed by atoms with van der Waals surface area (Å²) < 4.78 is 5.69. The van der Waals surface area contributed by atoms with Crippen LogP contribution in [0.25, 0.3) is 0 Å². The summed E-state index contributed by atoms with van der Waals surface area (Å²) >= 11 is 0. The Balaban J connectivity index is 1.85. The van der Waals surface area contributed by atoms with Gasteiger partial charge in [-0.05, 0) is 26.7 Å². The van der Waals surface area contributed by atoms with Gasteiger partial charge in [0, 0.05) is 26.1 Å². The lowest BCUT2D eigenvalue weighted by Crippen LogP contribution is -2.51. The topological polar surface area (TPSA) is 32.8 Å². The minimum Gasteiger partial charge on any atom is -0.373 e. The third-order valence-electron chi connectivity index (χ3n) is 3.29. The number of rotatable bonds is 2. The smallest absolute Gasteiger partial charge is 0.223 e. The number of hydrogen-bond acceptors (Lipinski definition) is 3. The highest BCUT2D eigenvalue weighted by molar-refractivity contribution is 5.76.